The van der Waals surface area contributed by atoms with Crippen LogP contribution < -0.4 is 5.32 Å². The number of nitrogens with one attached hydrogen (secondary N) is 1. The molecule has 0 bridgehead atoms. The lowest BCUT2D eigenvalue weighted by Gasteiger charge is -2.14. The number of carbonyl (C=O) groups excluding carboxylic acids is 1. The molecule has 23 heavy (non-hydrogen) atoms. The molecule has 0 aliphatic rings. The van der Waals surface area contributed by atoms with E-state index in [1.807, 2.05) is 0 Å². The summed E-state index contributed by atoms with van der Waals surface area (Å²) in [4.78, 5) is 16.8. The SMILES string of the molecule is CON(C)S(=O)(=O)c1ccc(C(=O)Nc2ccccc2O)cc1. The van der Waals surface area contributed by atoms with Gasteiger partial charge in [0, 0.05) is 12.6 Å². The van der Waals surface area contributed by atoms with Crippen molar-refractivity contribution in [3.63, 3.8) is 0 Å². The number of hydroxylamine groups is 1. The van der Waals surface area contributed by atoms with E-state index >= 15 is 0 Å². The Morgan fingerprint density at radius 1 is 1.13 bits per heavy atom. The van der Waals surface area contributed by atoms with Crippen LogP contribution in [0.1, 0.15) is 10.4 Å². The van der Waals surface area contributed by atoms with Crippen molar-refractivity contribution in [2.75, 3.05) is 19.5 Å². The first-order chi connectivity index (χ1) is 10.9. The molecule has 0 radical (unpaired) electrons. The summed E-state index contributed by atoms with van der Waals surface area (Å²) in [5, 5.41) is 12.2. The smallest absolute Gasteiger partial charge is 0.264 e. The summed E-state index contributed by atoms with van der Waals surface area (Å²) in [7, 11) is -1.24. The molecule has 0 unspecified atom stereocenters. The first-order valence-corrected chi connectivity index (χ1v) is 8.02. The summed E-state index contributed by atoms with van der Waals surface area (Å²) in [6, 6.07) is 11.7. The van der Waals surface area contributed by atoms with Gasteiger partial charge in [0.25, 0.3) is 15.9 Å². The summed E-state index contributed by atoms with van der Waals surface area (Å²) >= 11 is 0. The minimum atomic E-state index is -3.76. The molecule has 8 heteroatoms. The number of carbonyl (C=O) groups is 1. The molecule has 0 aliphatic heterocycles. The molecule has 0 atom stereocenters. The van der Waals surface area contributed by atoms with Gasteiger partial charge < -0.3 is 10.4 Å². The molecule has 0 fully saturated rings. The third-order valence-electron chi connectivity index (χ3n) is 3.16. The zero-order chi connectivity index (χ0) is 17.0. The summed E-state index contributed by atoms with van der Waals surface area (Å²) in [6.07, 6.45) is 0. The predicted molar refractivity (Wildman–Crippen MR) is 84.5 cm³/mol. The molecule has 122 valence electrons. The lowest BCUT2D eigenvalue weighted by Crippen LogP contribution is -2.25. The normalized spacial score (nSPS) is 11.4. The second-order valence-corrected chi connectivity index (χ2v) is 6.53. The highest BCUT2D eigenvalue weighted by molar-refractivity contribution is 7.89. The van der Waals surface area contributed by atoms with Crippen molar-refractivity contribution < 1.29 is 23.2 Å². The number of hydrogen-bond acceptors (Lipinski definition) is 5. The van der Waals surface area contributed by atoms with Crippen LogP contribution in [0.3, 0.4) is 0 Å². The third-order valence-corrected chi connectivity index (χ3v) is 4.86. The molecule has 0 saturated carbocycles. The van der Waals surface area contributed by atoms with Gasteiger partial charge >= 0.3 is 0 Å². The van der Waals surface area contributed by atoms with Crippen molar-refractivity contribution in [2.45, 2.75) is 4.90 Å². The van der Waals surface area contributed by atoms with E-state index in [2.05, 4.69) is 10.2 Å². The van der Waals surface area contributed by atoms with Gasteiger partial charge in [0.15, 0.2) is 0 Å². The highest BCUT2D eigenvalue weighted by Gasteiger charge is 2.21. The van der Waals surface area contributed by atoms with Gasteiger partial charge in [-0.15, -0.1) is 0 Å². The molecule has 7 nitrogen and oxygen atoms in total. The largest absolute Gasteiger partial charge is 0.506 e. The Bertz CT molecular complexity index is 803. The highest BCUT2D eigenvalue weighted by Crippen LogP contribution is 2.22. The van der Waals surface area contributed by atoms with Crippen LogP contribution in [0.4, 0.5) is 5.69 Å². The van der Waals surface area contributed by atoms with Gasteiger partial charge in [-0.1, -0.05) is 16.6 Å². The van der Waals surface area contributed by atoms with E-state index in [0.29, 0.717) is 0 Å². The fourth-order valence-corrected chi connectivity index (χ4v) is 2.77. The fourth-order valence-electron chi connectivity index (χ4n) is 1.80. The number of phenols is 1. The summed E-state index contributed by atoms with van der Waals surface area (Å²) in [6.45, 7) is 0. The first-order valence-electron chi connectivity index (χ1n) is 6.58. The van der Waals surface area contributed by atoms with E-state index in [9.17, 15) is 18.3 Å². The number of hydrogen-bond donors (Lipinski definition) is 2. The molecular weight excluding hydrogens is 320 g/mol. The maximum absolute atomic E-state index is 12.1. The quantitative estimate of drug-likeness (QED) is 0.641. The third kappa shape index (κ3) is 3.67. The van der Waals surface area contributed by atoms with Crippen LogP contribution >= 0.6 is 0 Å². The average Bonchev–Trinajstić information content (AvgIpc) is 2.56. The number of para-hydroxylation sites is 2. The Kier molecular flexibility index (Phi) is 4.99. The number of amides is 1. The van der Waals surface area contributed by atoms with Gasteiger partial charge in [-0.05, 0) is 36.4 Å². The molecule has 0 spiro atoms. The van der Waals surface area contributed by atoms with E-state index in [1.165, 1.54) is 44.5 Å². The summed E-state index contributed by atoms with van der Waals surface area (Å²) in [5.74, 6) is -0.516. The Labute approximate surface area is 134 Å². The summed E-state index contributed by atoms with van der Waals surface area (Å²) in [5.41, 5.74) is 0.528. The van der Waals surface area contributed by atoms with E-state index in [4.69, 9.17) is 0 Å². The minimum absolute atomic E-state index is 0.000887. The van der Waals surface area contributed by atoms with E-state index < -0.39 is 15.9 Å². The summed E-state index contributed by atoms with van der Waals surface area (Å²) < 4.78 is 24.8. The molecule has 0 aliphatic carbocycles. The standard InChI is InChI=1S/C15H16N2O5S/c1-17(22-2)23(20,21)12-9-7-11(8-10-12)15(19)16-13-5-3-4-6-14(13)18/h3-10,18H,1-2H3,(H,16,19). The van der Waals surface area contributed by atoms with Gasteiger partial charge in [-0.2, -0.15) is 0 Å². The van der Waals surface area contributed by atoms with Crippen LogP contribution in [-0.2, 0) is 14.9 Å². The van der Waals surface area contributed by atoms with Crippen molar-refractivity contribution in [2.24, 2.45) is 0 Å². The zero-order valence-corrected chi connectivity index (χ0v) is 13.4. The van der Waals surface area contributed by atoms with Crippen LogP contribution in [0.15, 0.2) is 53.4 Å². The molecule has 2 aromatic rings. The van der Waals surface area contributed by atoms with Crippen molar-refractivity contribution in [3.05, 3.63) is 54.1 Å². The van der Waals surface area contributed by atoms with Crippen LogP contribution in [0.5, 0.6) is 5.75 Å². The van der Waals surface area contributed by atoms with Gasteiger partial charge in [0.05, 0.1) is 17.7 Å². The molecule has 2 aromatic carbocycles. The lowest BCUT2D eigenvalue weighted by atomic mass is 10.2. The number of rotatable bonds is 5. The number of nitrogens with zero attached hydrogens (tertiary/aromatic N) is 1. The first kappa shape index (κ1) is 16.9. The molecule has 2 rings (SSSR count). The van der Waals surface area contributed by atoms with Crippen molar-refractivity contribution in [1.29, 1.82) is 0 Å². The number of sulfonamides is 1. The second-order valence-electron chi connectivity index (χ2n) is 4.59. The molecule has 1 amide bonds. The Morgan fingerprint density at radius 2 is 1.74 bits per heavy atom. The van der Waals surface area contributed by atoms with Crippen LogP contribution in [0.2, 0.25) is 0 Å². The molecule has 0 heterocycles. The van der Waals surface area contributed by atoms with Crippen LogP contribution in [-0.4, -0.2) is 38.1 Å². The van der Waals surface area contributed by atoms with E-state index in [0.717, 1.165) is 4.47 Å². The average molecular weight is 336 g/mol. The number of aromatic hydroxyl groups is 1. The Morgan fingerprint density at radius 3 is 2.30 bits per heavy atom. The Hall–Kier alpha value is -2.42. The molecule has 2 N–H and O–H groups in total. The van der Waals surface area contributed by atoms with Crippen molar-refractivity contribution in [3.8, 4) is 5.75 Å². The maximum Gasteiger partial charge on any atom is 0.264 e. The monoisotopic (exact) mass is 336 g/mol. The van der Waals surface area contributed by atoms with Gasteiger partial charge in [0.1, 0.15) is 5.75 Å². The molecule has 0 saturated heterocycles. The predicted octanol–water partition coefficient (Wildman–Crippen LogP) is 1.83. The second kappa shape index (κ2) is 6.78. The van der Waals surface area contributed by atoms with Crippen LogP contribution in [0.25, 0.3) is 0 Å². The topological polar surface area (TPSA) is 95.9 Å². The van der Waals surface area contributed by atoms with E-state index in [-0.39, 0.29) is 21.9 Å². The Balaban J connectivity index is 2.20. The molecular formula is C15H16N2O5S. The van der Waals surface area contributed by atoms with Crippen molar-refractivity contribution >= 4 is 21.6 Å². The minimum Gasteiger partial charge on any atom is -0.506 e. The van der Waals surface area contributed by atoms with Crippen molar-refractivity contribution in [1.82, 2.24) is 4.47 Å². The van der Waals surface area contributed by atoms with Gasteiger partial charge in [0.2, 0.25) is 0 Å². The van der Waals surface area contributed by atoms with Gasteiger partial charge in [-0.3, -0.25) is 9.63 Å². The fraction of sp³-hybridized carbons (Fsp3) is 0.133. The molecule has 0 aromatic heterocycles. The number of benzene rings is 2. The highest BCUT2D eigenvalue weighted by atomic mass is 32.2. The lowest BCUT2D eigenvalue weighted by molar-refractivity contribution is -0.0258. The number of anilines is 1. The van der Waals surface area contributed by atoms with Crippen LogP contribution in [0, 0.1) is 0 Å². The van der Waals surface area contributed by atoms with Gasteiger partial charge in [-0.25, -0.2) is 8.42 Å². The maximum atomic E-state index is 12.1. The zero-order valence-electron chi connectivity index (χ0n) is 12.6. The number of phenolic OH excluding ortho intramolecular Hbond substituents is 1. The van der Waals surface area contributed by atoms with E-state index in [1.54, 1.807) is 18.2 Å².